The highest BCUT2D eigenvalue weighted by molar-refractivity contribution is 5.21. The number of benzene rings is 1. The van der Waals surface area contributed by atoms with Gasteiger partial charge in [-0.05, 0) is 58.7 Å². The van der Waals surface area contributed by atoms with Crippen molar-refractivity contribution >= 4 is 0 Å². The van der Waals surface area contributed by atoms with Gasteiger partial charge < -0.3 is 10.6 Å². The fraction of sp³-hybridized carbons (Fsp3) is 0.625. The van der Waals surface area contributed by atoms with Crippen LogP contribution < -0.4 is 10.6 Å². The molecule has 0 radical (unpaired) electrons. The second kappa shape index (κ2) is 5.85. The summed E-state index contributed by atoms with van der Waals surface area (Å²) in [5, 5.41) is 7.26. The molecule has 0 spiro atoms. The molecule has 1 aromatic rings. The fourth-order valence-electron chi connectivity index (χ4n) is 2.72. The first-order valence-corrected chi connectivity index (χ1v) is 7.09. The maximum absolute atomic E-state index is 3.70. The minimum atomic E-state index is 0.291. The summed E-state index contributed by atoms with van der Waals surface area (Å²) >= 11 is 0. The van der Waals surface area contributed by atoms with Gasteiger partial charge >= 0.3 is 0 Å². The van der Waals surface area contributed by atoms with E-state index in [4.69, 9.17) is 0 Å². The average molecular weight is 246 g/mol. The van der Waals surface area contributed by atoms with Crippen molar-refractivity contribution in [1.82, 2.24) is 10.6 Å². The molecular weight excluding hydrogens is 220 g/mol. The third-order valence-electron chi connectivity index (χ3n) is 3.82. The van der Waals surface area contributed by atoms with E-state index in [1.165, 1.54) is 24.0 Å². The molecule has 1 aliphatic heterocycles. The van der Waals surface area contributed by atoms with Gasteiger partial charge in [-0.25, -0.2) is 0 Å². The normalized spacial score (nSPS) is 22.9. The highest BCUT2D eigenvalue weighted by Gasteiger charge is 2.26. The zero-order chi connectivity index (χ0) is 13.0. The van der Waals surface area contributed by atoms with Gasteiger partial charge in [-0.15, -0.1) is 0 Å². The van der Waals surface area contributed by atoms with E-state index in [1.807, 2.05) is 0 Å². The van der Waals surface area contributed by atoms with Crippen LogP contribution in [0.3, 0.4) is 0 Å². The van der Waals surface area contributed by atoms with Crippen LogP contribution in [0.1, 0.15) is 37.8 Å². The molecule has 0 saturated carbocycles. The van der Waals surface area contributed by atoms with Gasteiger partial charge in [0.05, 0.1) is 0 Å². The summed E-state index contributed by atoms with van der Waals surface area (Å²) in [6.07, 6.45) is 3.60. The van der Waals surface area contributed by atoms with Crippen molar-refractivity contribution in [1.29, 1.82) is 0 Å². The molecule has 1 heterocycles. The number of rotatable bonds is 4. The molecule has 1 aromatic carbocycles. The van der Waals surface area contributed by atoms with Crippen LogP contribution in [0.2, 0.25) is 0 Å². The standard InChI is InChI=1S/C16H26N2/c1-13-4-6-14(7-5-13)8-10-17-15-9-11-18-16(2,3)12-15/h4-7,15,17-18H,8-12H2,1-3H3. The van der Waals surface area contributed by atoms with E-state index in [9.17, 15) is 0 Å². The van der Waals surface area contributed by atoms with Crippen LogP contribution in [0, 0.1) is 6.92 Å². The van der Waals surface area contributed by atoms with Gasteiger partial charge in [-0.3, -0.25) is 0 Å². The first-order valence-electron chi connectivity index (χ1n) is 7.09. The lowest BCUT2D eigenvalue weighted by Crippen LogP contribution is -2.52. The number of nitrogens with one attached hydrogen (secondary N) is 2. The monoisotopic (exact) mass is 246 g/mol. The predicted octanol–water partition coefficient (Wildman–Crippen LogP) is 2.66. The molecule has 1 aliphatic rings. The zero-order valence-electron chi connectivity index (χ0n) is 11.9. The van der Waals surface area contributed by atoms with Crippen LogP contribution in [0.5, 0.6) is 0 Å². The molecule has 2 N–H and O–H groups in total. The van der Waals surface area contributed by atoms with Crippen molar-refractivity contribution in [2.24, 2.45) is 0 Å². The van der Waals surface area contributed by atoms with Crippen LogP contribution in [0.25, 0.3) is 0 Å². The van der Waals surface area contributed by atoms with E-state index in [0.717, 1.165) is 19.5 Å². The lowest BCUT2D eigenvalue weighted by atomic mass is 9.89. The number of aryl methyl sites for hydroxylation is 1. The van der Waals surface area contributed by atoms with Gasteiger partial charge in [-0.1, -0.05) is 29.8 Å². The second-order valence-corrected chi connectivity index (χ2v) is 6.19. The van der Waals surface area contributed by atoms with Gasteiger partial charge in [-0.2, -0.15) is 0 Å². The SMILES string of the molecule is Cc1ccc(CCNC2CCNC(C)(C)C2)cc1. The molecule has 2 rings (SSSR count). The van der Waals surface area contributed by atoms with Crippen molar-refractivity contribution in [3.05, 3.63) is 35.4 Å². The number of hydrogen-bond acceptors (Lipinski definition) is 2. The van der Waals surface area contributed by atoms with Crippen LogP contribution >= 0.6 is 0 Å². The Kier molecular flexibility index (Phi) is 4.41. The van der Waals surface area contributed by atoms with E-state index in [-0.39, 0.29) is 0 Å². The fourth-order valence-corrected chi connectivity index (χ4v) is 2.72. The number of hydrogen-bond donors (Lipinski definition) is 2. The van der Waals surface area contributed by atoms with Crippen LogP contribution in [0.15, 0.2) is 24.3 Å². The smallest absolute Gasteiger partial charge is 0.0139 e. The summed E-state index contributed by atoms with van der Waals surface area (Å²) in [4.78, 5) is 0. The third kappa shape index (κ3) is 4.11. The Labute approximate surface area is 111 Å². The maximum atomic E-state index is 3.70. The minimum Gasteiger partial charge on any atom is -0.314 e. The molecule has 2 heteroatoms. The molecule has 1 atom stereocenters. The Morgan fingerprint density at radius 2 is 2.00 bits per heavy atom. The Morgan fingerprint density at radius 3 is 2.67 bits per heavy atom. The lowest BCUT2D eigenvalue weighted by molar-refractivity contribution is 0.249. The summed E-state index contributed by atoms with van der Waals surface area (Å²) in [5.41, 5.74) is 3.06. The topological polar surface area (TPSA) is 24.1 Å². The Bertz CT molecular complexity index is 367. The minimum absolute atomic E-state index is 0.291. The van der Waals surface area contributed by atoms with Crippen LogP contribution in [-0.2, 0) is 6.42 Å². The van der Waals surface area contributed by atoms with Gasteiger partial charge in [0.1, 0.15) is 0 Å². The Hall–Kier alpha value is -0.860. The van der Waals surface area contributed by atoms with Crippen molar-refractivity contribution < 1.29 is 0 Å². The number of piperidine rings is 1. The summed E-state index contributed by atoms with van der Waals surface area (Å²) < 4.78 is 0. The summed E-state index contributed by atoms with van der Waals surface area (Å²) in [6, 6.07) is 9.55. The molecule has 1 unspecified atom stereocenters. The predicted molar refractivity (Wildman–Crippen MR) is 78.0 cm³/mol. The molecule has 2 nitrogen and oxygen atoms in total. The molecule has 0 bridgehead atoms. The molecule has 0 aliphatic carbocycles. The average Bonchev–Trinajstić information content (AvgIpc) is 2.30. The third-order valence-corrected chi connectivity index (χ3v) is 3.82. The first-order chi connectivity index (χ1) is 8.55. The summed E-state index contributed by atoms with van der Waals surface area (Å²) in [5.74, 6) is 0. The van der Waals surface area contributed by atoms with Crippen LogP contribution in [-0.4, -0.2) is 24.7 Å². The Balaban J connectivity index is 1.73. The largest absolute Gasteiger partial charge is 0.314 e. The van der Waals surface area contributed by atoms with E-state index < -0.39 is 0 Å². The highest BCUT2D eigenvalue weighted by atomic mass is 15.0. The maximum Gasteiger partial charge on any atom is 0.0139 e. The molecule has 1 fully saturated rings. The molecule has 18 heavy (non-hydrogen) atoms. The molecular formula is C16H26N2. The van der Waals surface area contributed by atoms with Gasteiger partial charge in [0.2, 0.25) is 0 Å². The van der Waals surface area contributed by atoms with Crippen molar-refractivity contribution in [3.63, 3.8) is 0 Å². The quantitative estimate of drug-likeness (QED) is 0.853. The van der Waals surface area contributed by atoms with Crippen LogP contribution in [0.4, 0.5) is 0 Å². The highest BCUT2D eigenvalue weighted by Crippen LogP contribution is 2.18. The summed E-state index contributed by atoms with van der Waals surface area (Å²) in [6.45, 7) is 8.94. The van der Waals surface area contributed by atoms with Gasteiger partial charge in [0, 0.05) is 11.6 Å². The van der Waals surface area contributed by atoms with Crippen molar-refractivity contribution in [2.45, 2.75) is 51.6 Å². The Morgan fingerprint density at radius 1 is 1.28 bits per heavy atom. The van der Waals surface area contributed by atoms with Crippen molar-refractivity contribution in [2.75, 3.05) is 13.1 Å². The lowest BCUT2D eigenvalue weighted by Gasteiger charge is -2.37. The molecule has 0 aromatic heterocycles. The van der Waals surface area contributed by atoms with E-state index in [0.29, 0.717) is 11.6 Å². The van der Waals surface area contributed by atoms with E-state index in [2.05, 4.69) is 55.7 Å². The van der Waals surface area contributed by atoms with Crippen molar-refractivity contribution in [3.8, 4) is 0 Å². The van der Waals surface area contributed by atoms with Gasteiger partial charge in [0.15, 0.2) is 0 Å². The van der Waals surface area contributed by atoms with E-state index in [1.54, 1.807) is 0 Å². The molecule has 0 amide bonds. The second-order valence-electron chi connectivity index (χ2n) is 6.19. The molecule has 1 saturated heterocycles. The van der Waals surface area contributed by atoms with E-state index >= 15 is 0 Å². The summed E-state index contributed by atoms with van der Waals surface area (Å²) in [7, 11) is 0. The molecule has 100 valence electrons. The van der Waals surface area contributed by atoms with Gasteiger partial charge in [0.25, 0.3) is 0 Å². The first kappa shape index (κ1) is 13.6. The zero-order valence-corrected chi connectivity index (χ0v) is 11.9.